The molecule has 0 aliphatic heterocycles. The molecular weight excluding hydrogens is 380 g/mol. The Labute approximate surface area is 190 Å². The maximum absolute atomic E-state index is 10.5. The first-order valence-corrected chi connectivity index (χ1v) is 13.2. The Kier molecular flexibility index (Phi) is 6.90. The number of hydrogen-bond donors (Lipinski definition) is 2. The maximum Gasteiger partial charge on any atom is 0.0790 e. The van der Waals surface area contributed by atoms with Gasteiger partial charge in [-0.15, -0.1) is 0 Å². The lowest BCUT2D eigenvalue weighted by Gasteiger charge is -2.44. The predicted molar refractivity (Wildman–Crippen MR) is 130 cm³/mol. The average Bonchev–Trinajstić information content (AvgIpc) is 3.29. The van der Waals surface area contributed by atoms with Gasteiger partial charge in [0.2, 0.25) is 0 Å². The Morgan fingerprint density at radius 2 is 2.00 bits per heavy atom. The van der Waals surface area contributed by atoms with E-state index >= 15 is 0 Å². The summed E-state index contributed by atoms with van der Waals surface area (Å²) in [7, 11) is 0. The van der Waals surface area contributed by atoms with Crippen LogP contribution in [0, 0.1) is 29.1 Å². The standard InChI is InChI=1S/C29H46O2/c1-20(8-6-16-28(2,3)31)25-14-15-26-22(10-7-17-29(25,26)4)13-12-21-18-23-9-5-11-24(23)27(30)19-21/h11-13,20,23,25-27,30-31H,5-10,14-19H2,1-4H3/b21-12-,22-13+/t20-,23-,25?,26?,27-,29-/m1/s1. The normalized spacial score (nSPS) is 39.5. The van der Waals surface area contributed by atoms with Gasteiger partial charge >= 0.3 is 0 Å². The topological polar surface area (TPSA) is 40.5 Å². The van der Waals surface area contributed by atoms with Crippen LogP contribution in [0.4, 0.5) is 0 Å². The summed E-state index contributed by atoms with van der Waals surface area (Å²) >= 11 is 0. The van der Waals surface area contributed by atoms with Crippen LogP contribution in [0.5, 0.6) is 0 Å². The van der Waals surface area contributed by atoms with Crippen molar-refractivity contribution in [3.8, 4) is 0 Å². The quantitative estimate of drug-likeness (QED) is 0.444. The molecule has 0 amide bonds. The van der Waals surface area contributed by atoms with Crippen molar-refractivity contribution in [2.45, 2.75) is 116 Å². The summed E-state index contributed by atoms with van der Waals surface area (Å²) in [4.78, 5) is 0. The van der Waals surface area contributed by atoms with Crippen LogP contribution >= 0.6 is 0 Å². The van der Waals surface area contributed by atoms with Crippen LogP contribution in [0.1, 0.15) is 105 Å². The average molecular weight is 427 g/mol. The van der Waals surface area contributed by atoms with Gasteiger partial charge in [-0.25, -0.2) is 0 Å². The van der Waals surface area contributed by atoms with Crippen molar-refractivity contribution >= 4 is 0 Å². The van der Waals surface area contributed by atoms with E-state index in [0.29, 0.717) is 11.3 Å². The molecule has 6 atom stereocenters. The van der Waals surface area contributed by atoms with Gasteiger partial charge in [0.05, 0.1) is 11.7 Å². The van der Waals surface area contributed by atoms with E-state index in [1.807, 2.05) is 13.8 Å². The largest absolute Gasteiger partial charge is 0.390 e. The zero-order valence-electron chi connectivity index (χ0n) is 20.5. The van der Waals surface area contributed by atoms with E-state index in [4.69, 9.17) is 0 Å². The molecule has 174 valence electrons. The second-order valence-electron chi connectivity index (χ2n) is 12.2. The monoisotopic (exact) mass is 426 g/mol. The second-order valence-corrected chi connectivity index (χ2v) is 12.2. The molecule has 0 aromatic carbocycles. The minimum atomic E-state index is -0.530. The van der Waals surface area contributed by atoms with Crippen molar-refractivity contribution in [1.82, 2.24) is 0 Å². The fourth-order valence-corrected chi connectivity index (χ4v) is 7.81. The Bertz CT molecular complexity index is 736. The van der Waals surface area contributed by atoms with E-state index in [2.05, 4.69) is 32.1 Å². The molecule has 2 unspecified atom stereocenters. The minimum absolute atomic E-state index is 0.233. The van der Waals surface area contributed by atoms with E-state index in [1.165, 1.54) is 56.1 Å². The summed E-state index contributed by atoms with van der Waals surface area (Å²) < 4.78 is 0. The minimum Gasteiger partial charge on any atom is -0.390 e. The van der Waals surface area contributed by atoms with Crippen LogP contribution in [0.15, 0.2) is 34.9 Å². The van der Waals surface area contributed by atoms with E-state index in [9.17, 15) is 10.2 Å². The Morgan fingerprint density at radius 1 is 1.19 bits per heavy atom. The number of hydrogen-bond acceptors (Lipinski definition) is 2. The number of fused-ring (bicyclic) bond motifs is 2. The fourth-order valence-electron chi connectivity index (χ4n) is 7.81. The first kappa shape index (κ1) is 23.3. The molecule has 0 radical (unpaired) electrons. The third-order valence-electron chi connectivity index (χ3n) is 9.42. The van der Waals surface area contributed by atoms with Gasteiger partial charge < -0.3 is 10.2 Å². The number of allylic oxidation sites excluding steroid dienone is 4. The van der Waals surface area contributed by atoms with Crippen LogP contribution in [0.3, 0.4) is 0 Å². The third kappa shape index (κ3) is 5.06. The molecule has 4 aliphatic rings. The first-order chi connectivity index (χ1) is 14.7. The summed E-state index contributed by atoms with van der Waals surface area (Å²) in [5, 5.41) is 20.6. The zero-order chi connectivity index (χ0) is 22.2. The maximum atomic E-state index is 10.5. The highest BCUT2D eigenvalue weighted by Crippen LogP contribution is 2.60. The van der Waals surface area contributed by atoms with E-state index < -0.39 is 5.60 Å². The summed E-state index contributed by atoms with van der Waals surface area (Å²) in [5.41, 5.74) is 4.40. The molecule has 31 heavy (non-hydrogen) atoms. The lowest BCUT2D eigenvalue weighted by Crippen LogP contribution is -2.36. The van der Waals surface area contributed by atoms with Crippen molar-refractivity contribution in [3.05, 3.63) is 34.9 Å². The second kappa shape index (κ2) is 9.18. The van der Waals surface area contributed by atoms with Crippen molar-refractivity contribution in [2.24, 2.45) is 29.1 Å². The van der Waals surface area contributed by atoms with Crippen molar-refractivity contribution in [1.29, 1.82) is 0 Å². The first-order valence-electron chi connectivity index (χ1n) is 13.2. The third-order valence-corrected chi connectivity index (χ3v) is 9.42. The lowest BCUT2D eigenvalue weighted by atomic mass is 9.60. The molecule has 3 fully saturated rings. The van der Waals surface area contributed by atoms with Gasteiger partial charge in [-0.05, 0) is 113 Å². The Balaban J connectivity index is 1.42. The molecule has 0 bridgehead atoms. The van der Waals surface area contributed by atoms with Gasteiger partial charge in [-0.2, -0.15) is 0 Å². The molecule has 3 saturated carbocycles. The SMILES string of the molecule is C[C@H](CCCC(C)(C)O)C1CCC2/C(=C/C=C3/C[C@H]4CCC=C4[C@H](O)C3)CCC[C@@]21C. The van der Waals surface area contributed by atoms with Crippen molar-refractivity contribution < 1.29 is 10.2 Å². The summed E-state index contributed by atoms with van der Waals surface area (Å²) in [6, 6.07) is 0. The molecule has 0 spiro atoms. The number of aliphatic hydroxyl groups excluding tert-OH is 1. The van der Waals surface area contributed by atoms with E-state index in [-0.39, 0.29) is 6.10 Å². The lowest BCUT2D eigenvalue weighted by molar-refractivity contribution is 0.0596. The number of aliphatic hydroxyl groups is 2. The molecule has 0 aromatic rings. The summed E-state index contributed by atoms with van der Waals surface area (Å²) in [5.74, 6) is 2.91. The summed E-state index contributed by atoms with van der Waals surface area (Å²) in [6.07, 6.45) is 21.3. The van der Waals surface area contributed by atoms with E-state index in [1.54, 1.807) is 5.57 Å². The Hall–Kier alpha value is -0.860. The number of rotatable bonds is 6. The van der Waals surface area contributed by atoms with Crippen LogP contribution in [-0.4, -0.2) is 21.9 Å². The highest BCUT2D eigenvalue weighted by Gasteiger charge is 2.50. The van der Waals surface area contributed by atoms with Crippen LogP contribution < -0.4 is 0 Å². The van der Waals surface area contributed by atoms with Crippen LogP contribution in [0.25, 0.3) is 0 Å². The molecule has 2 heteroatoms. The predicted octanol–water partition coefficient (Wildman–Crippen LogP) is 7.12. The van der Waals surface area contributed by atoms with Crippen molar-refractivity contribution in [2.75, 3.05) is 0 Å². The molecule has 0 heterocycles. The molecule has 2 nitrogen and oxygen atoms in total. The molecule has 2 N–H and O–H groups in total. The molecule has 0 saturated heterocycles. The highest BCUT2D eigenvalue weighted by atomic mass is 16.3. The van der Waals surface area contributed by atoms with Gasteiger partial charge in [0.25, 0.3) is 0 Å². The molecule has 4 aliphatic carbocycles. The van der Waals surface area contributed by atoms with E-state index in [0.717, 1.165) is 49.9 Å². The molecular formula is C29H46O2. The van der Waals surface area contributed by atoms with Crippen molar-refractivity contribution in [3.63, 3.8) is 0 Å². The van der Waals surface area contributed by atoms with Crippen LogP contribution in [0.2, 0.25) is 0 Å². The van der Waals surface area contributed by atoms with Gasteiger partial charge in [0, 0.05) is 0 Å². The molecule has 0 aromatic heterocycles. The van der Waals surface area contributed by atoms with Gasteiger partial charge in [0.15, 0.2) is 0 Å². The smallest absolute Gasteiger partial charge is 0.0790 e. The highest BCUT2D eigenvalue weighted by molar-refractivity contribution is 5.31. The van der Waals surface area contributed by atoms with Gasteiger partial charge in [0.1, 0.15) is 0 Å². The Morgan fingerprint density at radius 3 is 2.77 bits per heavy atom. The fraction of sp³-hybridized carbons (Fsp3) is 0.793. The molecule has 4 rings (SSSR count). The van der Waals surface area contributed by atoms with Gasteiger partial charge in [-0.1, -0.05) is 56.1 Å². The zero-order valence-corrected chi connectivity index (χ0v) is 20.5. The van der Waals surface area contributed by atoms with Gasteiger partial charge in [-0.3, -0.25) is 0 Å². The van der Waals surface area contributed by atoms with Crippen LogP contribution in [-0.2, 0) is 0 Å². The summed E-state index contributed by atoms with van der Waals surface area (Å²) in [6.45, 7) is 8.93.